The third-order valence-electron chi connectivity index (χ3n) is 4.07. The maximum atomic E-state index is 12.6. The first-order valence-electron chi connectivity index (χ1n) is 8.20. The molecule has 0 saturated heterocycles. The third-order valence-corrected chi connectivity index (χ3v) is 4.30. The predicted molar refractivity (Wildman–Crippen MR) is 105 cm³/mol. The Balaban J connectivity index is 2.06. The Kier molecular flexibility index (Phi) is 5.23. The van der Waals surface area contributed by atoms with Gasteiger partial charge >= 0.3 is 0 Å². The van der Waals surface area contributed by atoms with Crippen LogP contribution in [0.15, 0.2) is 53.3 Å². The standard InChI is InChI=1S/C19H15ClN4O4/c1-11-9-13(20)7-8-14(11)21-19(26)18-17(25)10-12(2)23(22-18)15-5-3-4-6-16(15)24(27)28/h3-10H,1-2H3,(H,21,26). The fraction of sp³-hybridized carbons (Fsp3) is 0.105. The molecule has 142 valence electrons. The van der Waals surface area contributed by atoms with Gasteiger partial charge in [0.15, 0.2) is 5.69 Å². The number of hydrogen-bond acceptors (Lipinski definition) is 5. The summed E-state index contributed by atoms with van der Waals surface area (Å²) < 4.78 is 1.21. The summed E-state index contributed by atoms with van der Waals surface area (Å²) in [5.74, 6) is -0.720. The van der Waals surface area contributed by atoms with Crippen LogP contribution in [0.2, 0.25) is 5.02 Å². The number of benzene rings is 2. The Morgan fingerprint density at radius 3 is 2.57 bits per heavy atom. The van der Waals surface area contributed by atoms with E-state index >= 15 is 0 Å². The summed E-state index contributed by atoms with van der Waals surface area (Å²) in [6, 6.07) is 12.1. The van der Waals surface area contributed by atoms with E-state index in [0.717, 1.165) is 0 Å². The van der Waals surface area contributed by atoms with Crippen LogP contribution in [0.3, 0.4) is 0 Å². The first-order chi connectivity index (χ1) is 13.3. The van der Waals surface area contributed by atoms with Crippen molar-refractivity contribution in [3.63, 3.8) is 0 Å². The number of nitro benzene ring substituents is 1. The number of nitrogens with one attached hydrogen (secondary N) is 1. The fourth-order valence-electron chi connectivity index (χ4n) is 2.70. The lowest BCUT2D eigenvalue weighted by atomic mass is 10.2. The van der Waals surface area contributed by atoms with Crippen molar-refractivity contribution in [3.05, 3.63) is 90.8 Å². The summed E-state index contributed by atoms with van der Waals surface area (Å²) in [6.45, 7) is 3.34. The topological polar surface area (TPSA) is 107 Å². The number of aryl methyl sites for hydroxylation is 2. The second-order valence-corrected chi connectivity index (χ2v) is 6.51. The molecule has 8 nitrogen and oxygen atoms in total. The van der Waals surface area contributed by atoms with E-state index in [1.165, 1.54) is 28.9 Å². The van der Waals surface area contributed by atoms with Gasteiger partial charge in [-0.2, -0.15) is 5.10 Å². The second kappa shape index (κ2) is 7.61. The predicted octanol–water partition coefficient (Wildman–Crippen LogP) is 3.66. The van der Waals surface area contributed by atoms with Crippen LogP contribution in [0, 0.1) is 24.0 Å². The maximum absolute atomic E-state index is 12.6. The molecule has 2 aromatic carbocycles. The van der Waals surface area contributed by atoms with E-state index in [2.05, 4.69) is 10.4 Å². The molecule has 1 amide bonds. The number of rotatable bonds is 4. The Labute approximate surface area is 164 Å². The van der Waals surface area contributed by atoms with Crippen molar-refractivity contribution in [2.75, 3.05) is 5.32 Å². The van der Waals surface area contributed by atoms with E-state index < -0.39 is 16.3 Å². The van der Waals surface area contributed by atoms with Crippen molar-refractivity contribution in [1.29, 1.82) is 0 Å². The van der Waals surface area contributed by atoms with E-state index in [4.69, 9.17) is 11.6 Å². The minimum atomic E-state index is -0.720. The summed E-state index contributed by atoms with van der Waals surface area (Å²) >= 11 is 5.91. The average molecular weight is 399 g/mol. The fourth-order valence-corrected chi connectivity index (χ4v) is 2.92. The molecule has 9 heteroatoms. The molecule has 3 aromatic rings. The molecular weight excluding hydrogens is 384 g/mol. The average Bonchev–Trinajstić information content (AvgIpc) is 2.64. The Hall–Kier alpha value is -3.52. The first kappa shape index (κ1) is 19.2. The smallest absolute Gasteiger partial charge is 0.294 e. The van der Waals surface area contributed by atoms with E-state index in [0.29, 0.717) is 22.0 Å². The molecule has 1 aromatic heterocycles. The molecule has 0 radical (unpaired) electrons. The van der Waals surface area contributed by atoms with Crippen molar-refractivity contribution < 1.29 is 9.72 Å². The van der Waals surface area contributed by atoms with Crippen LogP contribution in [-0.4, -0.2) is 20.6 Å². The molecule has 0 bridgehead atoms. The van der Waals surface area contributed by atoms with Crippen LogP contribution in [0.5, 0.6) is 0 Å². The van der Waals surface area contributed by atoms with Gasteiger partial charge in [-0.25, -0.2) is 4.68 Å². The number of carbonyl (C=O) groups excluding carboxylic acids is 1. The van der Waals surface area contributed by atoms with Gasteiger partial charge in [-0.3, -0.25) is 19.7 Å². The van der Waals surface area contributed by atoms with Crippen LogP contribution in [0.1, 0.15) is 21.7 Å². The van der Waals surface area contributed by atoms with E-state index in [9.17, 15) is 19.7 Å². The molecule has 0 aliphatic carbocycles. The molecule has 3 rings (SSSR count). The molecule has 0 aliphatic rings. The molecule has 1 heterocycles. The van der Waals surface area contributed by atoms with E-state index in [1.807, 2.05) is 0 Å². The van der Waals surface area contributed by atoms with Crippen molar-refractivity contribution in [3.8, 4) is 5.69 Å². The van der Waals surface area contributed by atoms with Crippen molar-refractivity contribution in [2.45, 2.75) is 13.8 Å². The highest BCUT2D eigenvalue weighted by Gasteiger charge is 2.20. The highest BCUT2D eigenvalue weighted by Crippen LogP contribution is 2.23. The lowest BCUT2D eigenvalue weighted by molar-refractivity contribution is -0.384. The molecule has 0 unspecified atom stereocenters. The maximum Gasteiger partial charge on any atom is 0.294 e. The number of aromatic nitrogens is 2. The summed E-state index contributed by atoms with van der Waals surface area (Å²) in [4.78, 5) is 35.7. The Morgan fingerprint density at radius 2 is 1.89 bits per heavy atom. The quantitative estimate of drug-likeness (QED) is 0.533. The number of halogens is 1. The third kappa shape index (κ3) is 3.77. The summed E-state index contributed by atoms with van der Waals surface area (Å²) in [7, 11) is 0. The van der Waals surface area contributed by atoms with E-state index in [1.54, 1.807) is 38.1 Å². The number of para-hydroxylation sites is 2. The normalized spacial score (nSPS) is 10.5. The van der Waals surface area contributed by atoms with Crippen molar-refractivity contribution in [1.82, 2.24) is 9.78 Å². The van der Waals surface area contributed by atoms with Gasteiger partial charge in [0.2, 0.25) is 5.43 Å². The Morgan fingerprint density at radius 1 is 1.18 bits per heavy atom. The minimum absolute atomic E-state index is 0.154. The molecular formula is C19H15ClN4O4. The monoisotopic (exact) mass is 398 g/mol. The number of hydrogen-bond donors (Lipinski definition) is 1. The number of nitro groups is 1. The summed E-state index contributed by atoms with van der Waals surface area (Å²) in [5.41, 5.74) is 0.553. The SMILES string of the molecule is Cc1cc(Cl)ccc1NC(=O)c1nn(-c2ccccc2[N+](=O)[O-])c(C)cc1=O. The van der Waals surface area contributed by atoms with Gasteiger partial charge in [0, 0.05) is 28.5 Å². The zero-order valence-corrected chi connectivity index (χ0v) is 15.7. The largest absolute Gasteiger partial charge is 0.320 e. The zero-order valence-electron chi connectivity index (χ0n) is 15.0. The van der Waals surface area contributed by atoms with Gasteiger partial charge in [0.1, 0.15) is 5.69 Å². The zero-order chi connectivity index (χ0) is 20.4. The summed E-state index contributed by atoms with van der Waals surface area (Å²) in [6.07, 6.45) is 0. The molecule has 0 spiro atoms. The summed E-state index contributed by atoms with van der Waals surface area (Å²) in [5, 5.41) is 18.5. The lowest BCUT2D eigenvalue weighted by Crippen LogP contribution is -2.27. The van der Waals surface area contributed by atoms with Gasteiger partial charge in [0.25, 0.3) is 11.6 Å². The van der Waals surface area contributed by atoms with Crippen molar-refractivity contribution >= 4 is 28.9 Å². The van der Waals surface area contributed by atoms with Crippen LogP contribution in [0.4, 0.5) is 11.4 Å². The molecule has 28 heavy (non-hydrogen) atoms. The van der Waals surface area contributed by atoms with Gasteiger partial charge in [0.05, 0.1) is 4.92 Å². The molecule has 0 aliphatic heterocycles. The van der Waals surface area contributed by atoms with Crippen LogP contribution in [-0.2, 0) is 0 Å². The highest BCUT2D eigenvalue weighted by atomic mass is 35.5. The molecule has 0 fully saturated rings. The van der Waals surface area contributed by atoms with Crippen LogP contribution >= 0.6 is 11.6 Å². The van der Waals surface area contributed by atoms with Gasteiger partial charge in [-0.05, 0) is 43.7 Å². The van der Waals surface area contributed by atoms with Gasteiger partial charge in [-0.15, -0.1) is 0 Å². The number of carbonyl (C=O) groups is 1. The van der Waals surface area contributed by atoms with Gasteiger partial charge < -0.3 is 5.32 Å². The van der Waals surface area contributed by atoms with Crippen LogP contribution in [0.25, 0.3) is 5.69 Å². The van der Waals surface area contributed by atoms with Gasteiger partial charge in [-0.1, -0.05) is 23.7 Å². The Bertz CT molecular complexity index is 1160. The highest BCUT2D eigenvalue weighted by molar-refractivity contribution is 6.30. The number of amides is 1. The lowest BCUT2D eigenvalue weighted by Gasteiger charge is -2.12. The van der Waals surface area contributed by atoms with E-state index in [-0.39, 0.29) is 17.1 Å². The number of nitrogens with zero attached hydrogens (tertiary/aromatic N) is 3. The van der Waals surface area contributed by atoms with Crippen LogP contribution < -0.4 is 10.7 Å². The van der Waals surface area contributed by atoms with Crippen molar-refractivity contribution in [2.24, 2.45) is 0 Å². The molecule has 0 saturated carbocycles. The molecule has 1 N–H and O–H groups in total. The molecule has 0 atom stereocenters. The minimum Gasteiger partial charge on any atom is -0.320 e. The first-order valence-corrected chi connectivity index (χ1v) is 8.58. The number of anilines is 1. The second-order valence-electron chi connectivity index (χ2n) is 6.07.